The molecule has 0 bridgehead atoms. The van der Waals surface area contributed by atoms with Crippen LogP contribution in [0.4, 0.5) is 8.78 Å². The van der Waals surface area contributed by atoms with Crippen molar-refractivity contribution in [3.63, 3.8) is 0 Å². The number of rotatable bonds is 4. The van der Waals surface area contributed by atoms with Crippen molar-refractivity contribution in [2.45, 2.75) is 9.79 Å². The SMILES string of the molecule is N#Cc1ccc(S(=O)(=O)c2ccc(C=Cc3ccc(F)cc3F)cc2)cc1. The Labute approximate surface area is 155 Å². The number of hydrogen-bond donors (Lipinski definition) is 0. The van der Waals surface area contributed by atoms with Crippen molar-refractivity contribution < 1.29 is 17.2 Å². The van der Waals surface area contributed by atoms with Gasteiger partial charge in [0.25, 0.3) is 0 Å². The normalized spacial score (nSPS) is 11.4. The quantitative estimate of drug-likeness (QED) is 0.608. The summed E-state index contributed by atoms with van der Waals surface area (Å²) in [5, 5.41) is 8.79. The Morgan fingerprint density at radius 1 is 0.815 bits per heavy atom. The predicted octanol–water partition coefficient (Wildman–Crippen LogP) is 4.84. The van der Waals surface area contributed by atoms with Crippen molar-refractivity contribution in [2.24, 2.45) is 0 Å². The van der Waals surface area contributed by atoms with Crippen LogP contribution in [0.3, 0.4) is 0 Å². The minimum atomic E-state index is -3.69. The van der Waals surface area contributed by atoms with E-state index in [1.54, 1.807) is 18.2 Å². The van der Waals surface area contributed by atoms with Gasteiger partial charge in [-0.15, -0.1) is 0 Å². The Kier molecular flexibility index (Phi) is 5.15. The van der Waals surface area contributed by atoms with E-state index < -0.39 is 21.5 Å². The third-order valence-electron chi connectivity index (χ3n) is 3.90. The molecule has 27 heavy (non-hydrogen) atoms. The summed E-state index contributed by atoms with van der Waals surface area (Å²) >= 11 is 0. The molecule has 3 nitrogen and oxygen atoms in total. The molecule has 0 aliphatic heterocycles. The number of halogens is 2. The maximum absolute atomic E-state index is 13.6. The Hall–Kier alpha value is -3.30. The summed E-state index contributed by atoms with van der Waals surface area (Å²) in [6, 6.07) is 17.0. The van der Waals surface area contributed by atoms with Gasteiger partial charge in [0.15, 0.2) is 0 Å². The van der Waals surface area contributed by atoms with Crippen LogP contribution in [0, 0.1) is 23.0 Å². The van der Waals surface area contributed by atoms with Crippen LogP contribution in [0.15, 0.2) is 76.5 Å². The Morgan fingerprint density at radius 2 is 1.41 bits per heavy atom. The van der Waals surface area contributed by atoms with E-state index in [-0.39, 0.29) is 15.4 Å². The summed E-state index contributed by atoms with van der Waals surface area (Å²) in [7, 11) is -3.69. The molecule has 3 aromatic rings. The number of nitriles is 1. The number of sulfone groups is 1. The van der Waals surface area contributed by atoms with Gasteiger partial charge < -0.3 is 0 Å². The molecule has 0 heterocycles. The van der Waals surface area contributed by atoms with Crippen molar-refractivity contribution in [2.75, 3.05) is 0 Å². The Bertz CT molecular complexity index is 1140. The third kappa shape index (κ3) is 4.10. The second kappa shape index (κ2) is 7.52. The molecular formula is C21H13F2NO2S. The molecule has 134 valence electrons. The van der Waals surface area contributed by atoms with E-state index in [4.69, 9.17) is 5.26 Å². The standard InChI is InChI=1S/C21H13F2NO2S/c22-18-8-7-17(21(23)13-18)6-1-15-2-9-19(10-3-15)27(25,26)20-11-4-16(14-24)5-12-20/h1-13H. The van der Waals surface area contributed by atoms with Gasteiger partial charge in [0.05, 0.1) is 21.4 Å². The molecule has 0 N–H and O–H groups in total. The molecule has 0 aliphatic rings. The van der Waals surface area contributed by atoms with Crippen LogP contribution in [-0.2, 0) is 9.84 Å². The molecule has 0 saturated carbocycles. The highest BCUT2D eigenvalue weighted by Crippen LogP contribution is 2.22. The van der Waals surface area contributed by atoms with Gasteiger partial charge in [-0.25, -0.2) is 17.2 Å². The fourth-order valence-corrected chi connectivity index (χ4v) is 3.69. The van der Waals surface area contributed by atoms with Gasteiger partial charge in [-0.2, -0.15) is 5.26 Å². The van der Waals surface area contributed by atoms with Crippen molar-refractivity contribution in [3.05, 3.63) is 95.1 Å². The summed E-state index contributed by atoms with van der Waals surface area (Å²) in [6.45, 7) is 0. The topological polar surface area (TPSA) is 57.9 Å². The van der Waals surface area contributed by atoms with Crippen molar-refractivity contribution in [1.29, 1.82) is 5.26 Å². The smallest absolute Gasteiger partial charge is 0.206 e. The molecule has 0 unspecified atom stereocenters. The summed E-state index contributed by atoms with van der Waals surface area (Å²) in [6.07, 6.45) is 3.09. The molecule has 0 atom stereocenters. The summed E-state index contributed by atoms with van der Waals surface area (Å²) in [5.41, 5.74) is 1.27. The highest BCUT2D eigenvalue weighted by molar-refractivity contribution is 7.91. The van der Waals surface area contributed by atoms with E-state index in [1.165, 1.54) is 48.5 Å². The molecule has 6 heteroatoms. The lowest BCUT2D eigenvalue weighted by Crippen LogP contribution is -2.01. The van der Waals surface area contributed by atoms with Gasteiger partial charge >= 0.3 is 0 Å². The molecule has 3 aromatic carbocycles. The first-order chi connectivity index (χ1) is 12.9. The fraction of sp³-hybridized carbons (Fsp3) is 0. The van der Waals surface area contributed by atoms with E-state index in [0.717, 1.165) is 12.1 Å². The molecular weight excluding hydrogens is 368 g/mol. The summed E-state index contributed by atoms with van der Waals surface area (Å²) < 4.78 is 51.8. The molecule has 0 aliphatic carbocycles. The number of nitrogens with zero attached hydrogens (tertiary/aromatic N) is 1. The Morgan fingerprint density at radius 3 is 1.96 bits per heavy atom. The molecule has 0 spiro atoms. The molecule has 0 saturated heterocycles. The van der Waals surface area contributed by atoms with Gasteiger partial charge in [0.1, 0.15) is 11.6 Å². The van der Waals surface area contributed by atoms with Crippen LogP contribution in [0.5, 0.6) is 0 Å². The second-order valence-corrected chi connectivity index (χ2v) is 7.66. The van der Waals surface area contributed by atoms with Gasteiger partial charge in [-0.05, 0) is 54.1 Å². The first-order valence-corrected chi connectivity index (χ1v) is 9.37. The van der Waals surface area contributed by atoms with Crippen LogP contribution in [-0.4, -0.2) is 8.42 Å². The monoisotopic (exact) mass is 381 g/mol. The molecule has 0 radical (unpaired) electrons. The molecule has 0 aromatic heterocycles. The van der Waals surface area contributed by atoms with Crippen LogP contribution in [0.25, 0.3) is 12.2 Å². The zero-order valence-corrected chi connectivity index (χ0v) is 14.7. The lowest BCUT2D eigenvalue weighted by molar-refractivity contribution is 0.581. The minimum Gasteiger partial charge on any atom is -0.219 e. The average Bonchev–Trinajstić information content (AvgIpc) is 2.67. The minimum absolute atomic E-state index is 0.0955. The van der Waals surface area contributed by atoms with E-state index >= 15 is 0 Å². The largest absolute Gasteiger partial charge is 0.219 e. The summed E-state index contributed by atoms with van der Waals surface area (Å²) in [4.78, 5) is 0.204. The van der Waals surface area contributed by atoms with Crippen molar-refractivity contribution in [3.8, 4) is 6.07 Å². The van der Waals surface area contributed by atoms with Gasteiger partial charge in [0.2, 0.25) is 9.84 Å². The molecule has 3 rings (SSSR count). The van der Waals surface area contributed by atoms with Crippen LogP contribution >= 0.6 is 0 Å². The average molecular weight is 381 g/mol. The van der Waals surface area contributed by atoms with E-state index in [1.807, 2.05) is 6.07 Å². The third-order valence-corrected chi connectivity index (χ3v) is 5.69. The van der Waals surface area contributed by atoms with Gasteiger partial charge in [0, 0.05) is 11.6 Å². The zero-order chi connectivity index (χ0) is 19.4. The van der Waals surface area contributed by atoms with Gasteiger partial charge in [-0.3, -0.25) is 0 Å². The number of benzene rings is 3. The van der Waals surface area contributed by atoms with E-state index in [0.29, 0.717) is 11.1 Å². The lowest BCUT2D eigenvalue weighted by atomic mass is 10.1. The highest BCUT2D eigenvalue weighted by Gasteiger charge is 2.17. The molecule has 0 fully saturated rings. The van der Waals surface area contributed by atoms with Crippen LogP contribution in [0.2, 0.25) is 0 Å². The first kappa shape index (κ1) is 18.5. The lowest BCUT2D eigenvalue weighted by Gasteiger charge is -2.05. The maximum atomic E-state index is 13.6. The predicted molar refractivity (Wildman–Crippen MR) is 98.3 cm³/mol. The number of hydrogen-bond acceptors (Lipinski definition) is 3. The second-order valence-electron chi connectivity index (χ2n) is 5.71. The maximum Gasteiger partial charge on any atom is 0.206 e. The fourth-order valence-electron chi connectivity index (χ4n) is 2.43. The van der Waals surface area contributed by atoms with Gasteiger partial charge in [-0.1, -0.05) is 24.3 Å². The summed E-state index contributed by atoms with van der Waals surface area (Å²) in [5.74, 6) is -1.33. The van der Waals surface area contributed by atoms with Crippen LogP contribution < -0.4 is 0 Å². The van der Waals surface area contributed by atoms with E-state index in [2.05, 4.69) is 0 Å². The van der Waals surface area contributed by atoms with Crippen molar-refractivity contribution >= 4 is 22.0 Å². The Balaban J connectivity index is 1.84. The molecule has 0 amide bonds. The van der Waals surface area contributed by atoms with Crippen molar-refractivity contribution in [1.82, 2.24) is 0 Å². The van der Waals surface area contributed by atoms with Crippen LogP contribution in [0.1, 0.15) is 16.7 Å². The zero-order valence-electron chi connectivity index (χ0n) is 13.9. The highest BCUT2D eigenvalue weighted by atomic mass is 32.2. The van der Waals surface area contributed by atoms with E-state index in [9.17, 15) is 17.2 Å². The first-order valence-electron chi connectivity index (χ1n) is 7.88.